The van der Waals surface area contributed by atoms with E-state index in [2.05, 4.69) is 15.6 Å². The molecule has 2 aromatic rings. The Hall–Kier alpha value is -1.99. The molecule has 1 aromatic carbocycles. The standard InChI is InChI=1S/C17H20FN3O2S/c1-11(23-14-4-2-3-13(18)9-14)16(22)21-17-20-10-15(24-17)12-5-7-19-8-6-12/h2-4,9-12,19H,5-8H2,1H3,(H,20,21,22). The third kappa shape index (κ3) is 4.30. The molecule has 0 spiro atoms. The highest BCUT2D eigenvalue weighted by Gasteiger charge is 2.20. The predicted octanol–water partition coefficient (Wildman–Crippen LogP) is 3.16. The van der Waals surface area contributed by atoms with Crippen LogP contribution in [0.1, 0.15) is 30.6 Å². The van der Waals surface area contributed by atoms with Crippen LogP contribution >= 0.6 is 11.3 Å². The minimum Gasteiger partial charge on any atom is -0.481 e. The summed E-state index contributed by atoms with van der Waals surface area (Å²) in [7, 11) is 0. The average Bonchev–Trinajstić information content (AvgIpc) is 3.04. The maximum Gasteiger partial charge on any atom is 0.266 e. The normalized spacial score (nSPS) is 16.6. The van der Waals surface area contributed by atoms with E-state index in [1.165, 1.54) is 28.3 Å². The Bertz CT molecular complexity index is 701. The van der Waals surface area contributed by atoms with Gasteiger partial charge in [-0.1, -0.05) is 6.07 Å². The first-order chi connectivity index (χ1) is 11.6. The number of ether oxygens (including phenoxy) is 1. The lowest BCUT2D eigenvalue weighted by Gasteiger charge is -2.20. The summed E-state index contributed by atoms with van der Waals surface area (Å²) >= 11 is 1.51. The van der Waals surface area contributed by atoms with Crippen molar-refractivity contribution in [2.24, 2.45) is 0 Å². The van der Waals surface area contributed by atoms with Crippen LogP contribution in [0, 0.1) is 5.82 Å². The third-order valence-corrected chi connectivity index (χ3v) is 5.05. The number of anilines is 1. The van der Waals surface area contributed by atoms with Gasteiger partial charge >= 0.3 is 0 Å². The van der Waals surface area contributed by atoms with E-state index in [4.69, 9.17) is 4.74 Å². The van der Waals surface area contributed by atoms with Gasteiger partial charge in [-0.2, -0.15) is 0 Å². The molecule has 1 aromatic heterocycles. The molecular weight excluding hydrogens is 329 g/mol. The summed E-state index contributed by atoms with van der Waals surface area (Å²) in [5, 5.41) is 6.68. The van der Waals surface area contributed by atoms with Crippen molar-refractivity contribution in [3.8, 4) is 5.75 Å². The Morgan fingerprint density at radius 1 is 1.46 bits per heavy atom. The Labute approximate surface area is 144 Å². The first kappa shape index (κ1) is 16.9. The van der Waals surface area contributed by atoms with Crippen molar-refractivity contribution in [3.63, 3.8) is 0 Å². The highest BCUT2D eigenvalue weighted by molar-refractivity contribution is 7.15. The minimum absolute atomic E-state index is 0.300. The number of thiazole rings is 1. The molecule has 0 bridgehead atoms. The van der Waals surface area contributed by atoms with Crippen LogP contribution in [0.2, 0.25) is 0 Å². The summed E-state index contributed by atoms with van der Waals surface area (Å²) in [6.45, 7) is 3.66. The van der Waals surface area contributed by atoms with Crippen molar-refractivity contribution in [1.82, 2.24) is 10.3 Å². The first-order valence-electron chi connectivity index (χ1n) is 8.01. The maximum absolute atomic E-state index is 13.2. The molecule has 7 heteroatoms. The fourth-order valence-electron chi connectivity index (χ4n) is 2.64. The Balaban J connectivity index is 1.57. The lowest BCUT2D eigenvalue weighted by Crippen LogP contribution is -2.30. The van der Waals surface area contributed by atoms with E-state index < -0.39 is 11.9 Å². The topological polar surface area (TPSA) is 63.2 Å². The van der Waals surface area contributed by atoms with Crippen LogP contribution in [0.15, 0.2) is 30.5 Å². The van der Waals surface area contributed by atoms with Crippen molar-refractivity contribution in [1.29, 1.82) is 0 Å². The monoisotopic (exact) mass is 349 g/mol. The molecule has 3 rings (SSSR count). The van der Waals surface area contributed by atoms with Crippen molar-refractivity contribution in [2.45, 2.75) is 31.8 Å². The van der Waals surface area contributed by atoms with E-state index in [1.54, 1.807) is 19.1 Å². The van der Waals surface area contributed by atoms with Crippen LogP contribution in [0.3, 0.4) is 0 Å². The SMILES string of the molecule is CC(Oc1cccc(F)c1)C(=O)Nc1ncc(C2CCNCC2)s1. The zero-order valence-electron chi connectivity index (χ0n) is 13.4. The van der Waals surface area contributed by atoms with Crippen molar-refractivity contribution < 1.29 is 13.9 Å². The highest BCUT2D eigenvalue weighted by Crippen LogP contribution is 2.31. The molecule has 2 N–H and O–H groups in total. The zero-order chi connectivity index (χ0) is 16.9. The van der Waals surface area contributed by atoms with Crippen molar-refractivity contribution in [2.75, 3.05) is 18.4 Å². The maximum atomic E-state index is 13.2. The summed E-state index contributed by atoms with van der Waals surface area (Å²) in [6, 6.07) is 5.74. The van der Waals surface area contributed by atoms with Gasteiger partial charge in [0.25, 0.3) is 5.91 Å². The summed E-state index contributed by atoms with van der Waals surface area (Å²) in [6.07, 6.45) is 3.29. The Morgan fingerprint density at radius 2 is 2.25 bits per heavy atom. The van der Waals surface area contributed by atoms with Crippen LogP contribution in [0.5, 0.6) is 5.75 Å². The number of aromatic nitrogens is 1. The second-order valence-electron chi connectivity index (χ2n) is 5.80. The van der Waals surface area contributed by atoms with Crippen molar-refractivity contribution >= 4 is 22.4 Å². The molecule has 1 unspecified atom stereocenters. The minimum atomic E-state index is -0.738. The van der Waals surface area contributed by atoms with Crippen LogP contribution in [-0.2, 0) is 4.79 Å². The number of amides is 1. The van der Waals surface area contributed by atoms with Crippen LogP contribution in [-0.4, -0.2) is 30.1 Å². The number of nitrogens with zero attached hydrogens (tertiary/aromatic N) is 1. The summed E-state index contributed by atoms with van der Waals surface area (Å²) < 4.78 is 18.6. The summed E-state index contributed by atoms with van der Waals surface area (Å²) in [4.78, 5) is 17.7. The van der Waals surface area contributed by atoms with Crippen LogP contribution < -0.4 is 15.4 Å². The molecule has 0 radical (unpaired) electrons. The fourth-order valence-corrected chi connectivity index (χ4v) is 3.63. The number of rotatable bonds is 5. The van der Waals surface area contributed by atoms with E-state index in [-0.39, 0.29) is 5.91 Å². The van der Waals surface area contributed by atoms with Gasteiger partial charge in [-0.25, -0.2) is 9.37 Å². The highest BCUT2D eigenvalue weighted by atomic mass is 32.1. The third-order valence-electron chi connectivity index (χ3n) is 3.97. The van der Waals surface area contributed by atoms with Crippen LogP contribution in [0.4, 0.5) is 9.52 Å². The number of piperidine rings is 1. The smallest absolute Gasteiger partial charge is 0.266 e. The number of hydrogen-bond donors (Lipinski definition) is 2. The number of carbonyl (C=O) groups is 1. The number of benzene rings is 1. The molecule has 1 aliphatic heterocycles. The number of nitrogens with one attached hydrogen (secondary N) is 2. The molecule has 24 heavy (non-hydrogen) atoms. The number of halogens is 1. The zero-order valence-corrected chi connectivity index (χ0v) is 14.2. The second-order valence-corrected chi connectivity index (χ2v) is 6.86. The van der Waals surface area contributed by atoms with Gasteiger partial charge in [-0.15, -0.1) is 11.3 Å². The van der Waals surface area contributed by atoms with Gasteiger partial charge in [-0.05, 0) is 50.9 Å². The summed E-state index contributed by atoms with van der Waals surface area (Å²) in [5.74, 6) is 0.139. The van der Waals surface area contributed by atoms with Gasteiger partial charge in [0, 0.05) is 17.1 Å². The van der Waals surface area contributed by atoms with Gasteiger partial charge in [0.1, 0.15) is 11.6 Å². The molecule has 128 valence electrons. The van der Waals surface area contributed by atoms with E-state index in [0.717, 1.165) is 25.9 Å². The molecule has 5 nitrogen and oxygen atoms in total. The van der Waals surface area contributed by atoms with Gasteiger partial charge in [-0.3, -0.25) is 10.1 Å². The number of carbonyl (C=O) groups excluding carboxylic acids is 1. The molecular formula is C17H20FN3O2S. The quantitative estimate of drug-likeness (QED) is 0.870. The molecule has 1 aliphatic rings. The molecule has 1 amide bonds. The van der Waals surface area contributed by atoms with E-state index in [0.29, 0.717) is 16.8 Å². The van der Waals surface area contributed by atoms with Gasteiger partial charge in [0.05, 0.1) is 0 Å². The Morgan fingerprint density at radius 3 is 3.00 bits per heavy atom. The lowest BCUT2D eigenvalue weighted by atomic mass is 9.97. The van der Waals surface area contributed by atoms with Gasteiger partial charge in [0.15, 0.2) is 11.2 Å². The largest absolute Gasteiger partial charge is 0.481 e. The predicted molar refractivity (Wildman–Crippen MR) is 92.1 cm³/mol. The van der Waals surface area contributed by atoms with Gasteiger partial charge < -0.3 is 10.1 Å². The Kier molecular flexibility index (Phi) is 5.42. The molecule has 2 heterocycles. The lowest BCUT2D eigenvalue weighted by molar-refractivity contribution is -0.122. The number of hydrogen-bond acceptors (Lipinski definition) is 5. The molecule has 0 saturated carbocycles. The van der Waals surface area contributed by atoms with E-state index in [1.807, 2.05) is 6.20 Å². The molecule has 1 saturated heterocycles. The van der Waals surface area contributed by atoms with E-state index in [9.17, 15) is 9.18 Å². The molecule has 1 atom stereocenters. The fraction of sp³-hybridized carbons (Fsp3) is 0.412. The molecule has 1 fully saturated rings. The average molecular weight is 349 g/mol. The van der Waals surface area contributed by atoms with Crippen LogP contribution in [0.25, 0.3) is 0 Å². The second kappa shape index (κ2) is 7.72. The first-order valence-corrected chi connectivity index (χ1v) is 8.83. The summed E-state index contributed by atoms with van der Waals surface area (Å²) in [5.41, 5.74) is 0. The van der Waals surface area contributed by atoms with E-state index >= 15 is 0 Å². The molecule has 0 aliphatic carbocycles. The van der Waals surface area contributed by atoms with Crippen molar-refractivity contribution in [3.05, 3.63) is 41.2 Å². The van der Waals surface area contributed by atoms with Gasteiger partial charge in [0.2, 0.25) is 0 Å².